The second kappa shape index (κ2) is 4.40. The van der Waals surface area contributed by atoms with E-state index in [1.54, 1.807) is 0 Å². The van der Waals surface area contributed by atoms with Gasteiger partial charge in [0.25, 0.3) is 0 Å². The van der Waals surface area contributed by atoms with Gasteiger partial charge >= 0.3 is 5.97 Å². The van der Waals surface area contributed by atoms with Crippen LogP contribution in [0.3, 0.4) is 0 Å². The number of nitrogens with zero attached hydrogens (tertiary/aromatic N) is 2. The maximum Gasteiger partial charge on any atom is 0.337 e. The van der Waals surface area contributed by atoms with Gasteiger partial charge in [0, 0.05) is 10.0 Å². The Labute approximate surface area is 100 Å². The molecule has 0 atom stereocenters. The molecule has 2 aromatic rings. The topological polar surface area (TPSA) is 63.1 Å². The Kier molecular flexibility index (Phi) is 2.96. The maximum absolute atomic E-state index is 10.8. The monoisotopic (exact) mass is 278 g/mol. The van der Waals surface area contributed by atoms with E-state index in [4.69, 9.17) is 5.11 Å². The number of aromatic nitrogens is 2. The van der Waals surface area contributed by atoms with Gasteiger partial charge in [0.15, 0.2) is 0 Å². The molecule has 2 rings (SSSR count). The number of rotatable bonds is 2. The highest BCUT2D eigenvalue weighted by atomic mass is 79.9. The fraction of sp³-hybridized carbons (Fsp3) is 0. The van der Waals surface area contributed by atoms with E-state index in [1.165, 1.54) is 12.3 Å². The van der Waals surface area contributed by atoms with Gasteiger partial charge in [0.1, 0.15) is 0 Å². The van der Waals surface area contributed by atoms with Crippen LogP contribution < -0.4 is 0 Å². The molecule has 0 amide bonds. The molecule has 0 aliphatic rings. The molecule has 1 heterocycles. The van der Waals surface area contributed by atoms with Gasteiger partial charge in [-0.05, 0) is 18.2 Å². The van der Waals surface area contributed by atoms with Gasteiger partial charge in [-0.1, -0.05) is 28.1 Å². The summed E-state index contributed by atoms with van der Waals surface area (Å²) in [4.78, 5) is 10.8. The molecular formula is C11H7BrN2O2. The quantitative estimate of drug-likeness (QED) is 0.917. The molecule has 0 aliphatic carbocycles. The summed E-state index contributed by atoms with van der Waals surface area (Å²) in [6.07, 6.45) is 1.23. The summed E-state index contributed by atoms with van der Waals surface area (Å²) in [5, 5.41) is 16.4. The highest BCUT2D eigenvalue weighted by Gasteiger charge is 2.06. The van der Waals surface area contributed by atoms with Crippen molar-refractivity contribution >= 4 is 21.9 Å². The van der Waals surface area contributed by atoms with Crippen molar-refractivity contribution in [2.24, 2.45) is 0 Å². The number of benzene rings is 1. The Morgan fingerprint density at radius 3 is 2.56 bits per heavy atom. The smallest absolute Gasteiger partial charge is 0.337 e. The van der Waals surface area contributed by atoms with Crippen LogP contribution in [0.15, 0.2) is 41.0 Å². The molecule has 1 N–H and O–H groups in total. The molecule has 1 aromatic carbocycles. The molecule has 0 fully saturated rings. The molecule has 0 radical (unpaired) electrons. The fourth-order valence-corrected chi connectivity index (χ4v) is 1.51. The number of halogens is 1. The molecule has 0 saturated carbocycles. The first-order valence-electron chi connectivity index (χ1n) is 4.49. The van der Waals surface area contributed by atoms with Gasteiger partial charge in [-0.15, -0.1) is 0 Å². The predicted octanol–water partition coefficient (Wildman–Crippen LogP) is 2.60. The second-order valence-corrected chi connectivity index (χ2v) is 4.06. The third-order valence-corrected chi connectivity index (χ3v) is 2.57. The lowest BCUT2D eigenvalue weighted by atomic mass is 10.1. The zero-order chi connectivity index (χ0) is 11.5. The van der Waals surface area contributed by atoms with Crippen LogP contribution in [0.4, 0.5) is 0 Å². The number of carboxylic acid groups (broad SMARTS) is 1. The Balaban J connectivity index is 2.44. The van der Waals surface area contributed by atoms with Crippen LogP contribution >= 0.6 is 15.9 Å². The van der Waals surface area contributed by atoms with Gasteiger partial charge in [-0.3, -0.25) is 0 Å². The number of carbonyl (C=O) groups is 1. The van der Waals surface area contributed by atoms with E-state index < -0.39 is 5.97 Å². The summed E-state index contributed by atoms with van der Waals surface area (Å²) in [6, 6.07) is 8.92. The molecular weight excluding hydrogens is 272 g/mol. The predicted molar refractivity (Wildman–Crippen MR) is 62.1 cm³/mol. The highest BCUT2D eigenvalue weighted by molar-refractivity contribution is 9.10. The van der Waals surface area contributed by atoms with Crippen molar-refractivity contribution in [3.63, 3.8) is 0 Å². The average Bonchev–Trinajstić information content (AvgIpc) is 2.30. The third-order valence-electron chi connectivity index (χ3n) is 2.04. The zero-order valence-corrected chi connectivity index (χ0v) is 9.68. The lowest BCUT2D eigenvalue weighted by Gasteiger charge is -2.00. The number of aromatic carboxylic acids is 1. The minimum absolute atomic E-state index is 0.132. The molecule has 80 valence electrons. The second-order valence-electron chi connectivity index (χ2n) is 3.14. The van der Waals surface area contributed by atoms with E-state index >= 15 is 0 Å². The van der Waals surface area contributed by atoms with Crippen LogP contribution in [0.5, 0.6) is 0 Å². The van der Waals surface area contributed by atoms with Crippen molar-refractivity contribution in [3.05, 3.63) is 46.6 Å². The lowest BCUT2D eigenvalue weighted by molar-refractivity contribution is 0.0696. The van der Waals surface area contributed by atoms with Crippen LogP contribution in [0.25, 0.3) is 11.3 Å². The zero-order valence-electron chi connectivity index (χ0n) is 8.09. The maximum atomic E-state index is 10.8. The largest absolute Gasteiger partial charge is 0.478 e. The summed E-state index contributed by atoms with van der Waals surface area (Å²) >= 11 is 3.33. The van der Waals surface area contributed by atoms with Gasteiger partial charge in [-0.2, -0.15) is 10.2 Å². The molecule has 0 unspecified atom stereocenters. The van der Waals surface area contributed by atoms with Gasteiger partial charge in [0.05, 0.1) is 17.5 Å². The summed E-state index contributed by atoms with van der Waals surface area (Å²) in [6.45, 7) is 0. The van der Waals surface area contributed by atoms with Crippen molar-refractivity contribution in [2.45, 2.75) is 0 Å². The fourth-order valence-electron chi connectivity index (χ4n) is 1.25. The van der Waals surface area contributed by atoms with Crippen molar-refractivity contribution in [1.29, 1.82) is 0 Å². The minimum Gasteiger partial charge on any atom is -0.478 e. The van der Waals surface area contributed by atoms with E-state index in [-0.39, 0.29) is 5.56 Å². The van der Waals surface area contributed by atoms with Crippen LogP contribution in [0.1, 0.15) is 10.4 Å². The molecule has 0 bridgehead atoms. The van der Waals surface area contributed by atoms with E-state index in [0.717, 1.165) is 10.0 Å². The number of hydrogen-bond donors (Lipinski definition) is 1. The van der Waals surface area contributed by atoms with E-state index in [9.17, 15) is 4.79 Å². The van der Waals surface area contributed by atoms with Gasteiger partial charge in [-0.25, -0.2) is 4.79 Å². The molecule has 5 heteroatoms. The van der Waals surface area contributed by atoms with Crippen molar-refractivity contribution in [1.82, 2.24) is 10.2 Å². The Morgan fingerprint density at radius 2 is 1.94 bits per heavy atom. The summed E-state index contributed by atoms with van der Waals surface area (Å²) < 4.78 is 0.957. The Morgan fingerprint density at radius 1 is 1.25 bits per heavy atom. The molecule has 0 aliphatic heterocycles. The normalized spacial score (nSPS) is 10.1. The van der Waals surface area contributed by atoms with Crippen LogP contribution in [0.2, 0.25) is 0 Å². The van der Waals surface area contributed by atoms with E-state index in [1.807, 2.05) is 24.3 Å². The van der Waals surface area contributed by atoms with Crippen LogP contribution in [-0.2, 0) is 0 Å². The standard InChI is InChI=1S/C11H7BrN2O2/c12-9-3-1-7(2-4-9)10-5-8(11(15)16)6-13-14-10/h1-6H,(H,15,16). The van der Waals surface area contributed by atoms with Gasteiger partial charge in [0.2, 0.25) is 0 Å². The molecule has 4 nitrogen and oxygen atoms in total. The highest BCUT2D eigenvalue weighted by Crippen LogP contribution is 2.19. The third kappa shape index (κ3) is 2.25. The van der Waals surface area contributed by atoms with Crippen molar-refractivity contribution < 1.29 is 9.90 Å². The first-order chi connectivity index (χ1) is 7.66. The molecule has 16 heavy (non-hydrogen) atoms. The van der Waals surface area contributed by atoms with Crippen LogP contribution in [0, 0.1) is 0 Å². The molecule has 0 saturated heterocycles. The first kappa shape index (κ1) is 10.8. The Bertz CT molecular complexity index is 526. The summed E-state index contributed by atoms with van der Waals surface area (Å²) in [5.41, 5.74) is 1.51. The summed E-state index contributed by atoms with van der Waals surface area (Å²) in [5.74, 6) is -1.01. The van der Waals surface area contributed by atoms with E-state index in [0.29, 0.717) is 5.69 Å². The number of hydrogen-bond acceptors (Lipinski definition) is 3. The molecule has 0 spiro atoms. The average molecular weight is 279 g/mol. The van der Waals surface area contributed by atoms with Crippen molar-refractivity contribution in [2.75, 3.05) is 0 Å². The number of carboxylic acids is 1. The first-order valence-corrected chi connectivity index (χ1v) is 5.28. The SMILES string of the molecule is O=C(O)c1cnnc(-c2ccc(Br)cc2)c1. The molecule has 1 aromatic heterocycles. The van der Waals surface area contributed by atoms with Crippen molar-refractivity contribution in [3.8, 4) is 11.3 Å². The Hall–Kier alpha value is -1.75. The lowest BCUT2D eigenvalue weighted by Crippen LogP contribution is -1.99. The minimum atomic E-state index is -1.01. The summed E-state index contributed by atoms with van der Waals surface area (Å²) in [7, 11) is 0. The van der Waals surface area contributed by atoms with Gasteiger partial charge < -0.3 is 5.11 Å². The van der Waals surface area contributed by atoms with Crippen LogP contribution in [-0.4, -0.2) is 21.3 Å². The van der Waals surface area contributed by atoms with E-state index in [2.05, 4.69) is 26.1 Å².